The van der Waals surface area contributed by atoms with Crippen molar-refractivity contribution in [1.82, 2.24) is 10.6 Å². The number of hydrogen-bond donors (Lipinski definition) is 5. The molecule has 238 valence electrons. The second kappa shape index (κ2) is 17.9. The van der Waals surface area contributed by atoms with E-state index in [1.165, 1.54) is 32.1 Å². The van der Waals surface area contributed by atoms with Crippen LogP contribution in [0.25, 0.3) is 11.1 Å². The van der Waals surface area contributed by atoms with E-state index in [9.17, 15) is 33.0 Å². The molecule has 5 N–H and O–H groups in total. The molecule has 1 saturated carbocycles. The number of amides is 1. The molecular weight excluding hydrogens is 585 g/mol. The first-order valence-electron chi connectivity index (χ1n) is 14.2. The van der Waals surface area contributed by atoms with Crippen molar-refractivity contribution in [2.24, 2.45) is 5.92 Å². The highest BCUT2D eigenvalue weighted by Gasteiger charge is 2.38. The molecule has 1 aliphatic rings. The van der Waals surface area contributed by atoms with E-state index in [2.05, 4.69) is 10.6 Å². The Morgan fingerprint density at radius 1 is 1.02 bits per heavy atom. The van der Waals surface area contributed by atoms with Gasteiger partial charge in [-0.1, -0.05) is 62.4 Å². The molecular formula is C31H41F3N2O6S. The second-order valence-corrected chi connectivity index (χ2v) is 11.6. The summed E-state index contributed by atoms with van der Waals surface area (Å²) in [6.45, 7) is 2.70. The van der Waals surface area contributed by atoms with Crippen molar-refractivity contribution in [2.75, 3.05) is 18.6 Å². The summed E-state index contributed by atoms with van der Waals surface area (Å²) in [5, 5.41) is 32.9. The molecule has 0 spiro atoms. The van der Waals surface area contributed by atoms with Gasteiger partial charge in [-0.25, -0.2) is 9.59 Å². The minimum absolute atomic E-state index is 0.0470. The lowest BCUT2D eigenvalue weighted by atomic mass is 9.85. The Morgan fingerprint density at radius 2 is 1.67 bits per heavy atom. The summed E-state index contributed by atoms with van der Waals surface area (Å²) in [4.78, 5) is 33.8. The lowest BCUT2D eigenvalue weighted by molar-refractivity contribution is -0.192. The zero-order valence-corrected chi connectivity index (χ0v) is 25.3. The molecule has 0 aromatic heterocycles. The third-order valence-electron chi connectivity index (χ3n) is 7.38. The Hall–Kier alpha value is -3.09. The van der Waals surface area contributed by atoms with Crippen molar-refractivity contribution in [3.8, 4) is 11.1 Å². The lowest BCUT2D eigenvalue weighted by Gasteiger charge is -2.26. The molecule has 8 nitrogen and oxygen atoms in total. The first-order valence-corrected chi connectivity index (χ1v) is 15.6. The third kappa shape index (κ3) is 12.2. The van der Waals surface area contributed by atoms with Gasteiger partial charge in [0, 0.05) is 18.2 Å². The molecule has 1 unspecified atom stereocenters. The first-order chi connectivity index (χ1) is 20.4. The topological polar surface area (TPSA) is 136 Å². The van der Waals surface area contributed by atoms with E-state index >= 15 is 0 Å². The first kappa shape index (κ1) is 36.1. The van der Waals surface area contributed by atoms with Crippen LogP contribution < -0.4 is 10.6 Å². The highest BCUT2D eigenvalue weighted by molar-refractivity contribution is 7.98. The Balaban J connectivity index is 0.000000821. The number of rotatable bonds is 13. The van der Waals surface area contributed by atoms with Gasteiger partial charge in [-0.2, -0.15) is 24.9 Å². The van der Waals surface area contributed by atoms with Crippen molar-refractivity contribution >= 4 is 29.6 Å². The quantitative estimate of drug-likeness (QED) is 0.192. The van der Waals surface area contributed by atoms with Gasteiger partial charge in [-0.05, 0) is 72.1 Å². The number of aliphatic hydroxyl groups excluding tert-OH is 1. The van der Waals surface area contributed by atoms with Crippen molar-refractivity contribution in [3.05, 3.63) is 59.2 Å². The Labute approximate surface area is 254 Å². The monoisotopic (exact) mass is 626 g/mol. The molecule has 43 heavy (non-hydrogen) atoms. The number of alkyl halides is 3. The van der Waals surface area contributed by atoms with Crippen LogP contribution in [0, 0.1) is 12.8 Å². The maximum absolute atomic E-state index is 13.2. The Kier molecular flexibility index (Phi) is 15.0. The minimum Gasteiger partial charge on any atom is -0.480 e. The number of aryl methyl sites for hydroxylation is 1. The summed E-state index contributed by atoms with van der Waals surface area (Å²) in [6.07, 6.45) is 4.56. The number of carbonyl (C=O) groups is 3. The molecule has 1 aliphatic carbocycles. The van der Waals surface area contributed by atoms with Crippen molar-refractivity contribution in [2.45, 2.75) is 76.7 Å². The molecule has 1 fully saturated rings. The lowest BCUT2D eigenvalue weighted by Crippen LogP contribution is -2.41. The number of carbonyl (C=O) groups excluding carboxylic acids is 1. The van der Waals surface area contributed by atoms with Crippen LogP contribution in [-0.4, -0.2) is 70.0 Å². The van der Waals surface area contributed by atoms with Gasteiger partial charge in [0.1, 0.15) is 6.04 Å². The number of halogens is 3. The Morgan fingerprint density at radius 3 is 2.23 bits per heavy atom. The number of hydrogen-bond acceptors (Lipinski definition) is 6. The largest absolute Gasteiger partial charge is 0.490 e. The Bertz CT molecular complexity index is 1200. The highest BCUT2D eigenvalue weighted by atomic mass is 32.2. The fourth-order valence-electron chi connectivity index (χ4n) is 5.04. The van der Waals surface area contributed by atoms with Crippen molar-refractivity contribution in [3.63, 3.8) is 0 Å². The maximum Gasteiger partial charge on any atom is 0.490 e. The van der Waals surface area contributed by atoms with E-state index < -0.39 is 24.2 Å². The number of carboxylic acid groups (broad SMARTS) is 2. The third-order valence-corrected chi connectivity index (χ3v) is 8.02. The summed E-state index contributed by atoms with van der Waals surface area (Å²) < 4.78 is 31.7. The van der Waals surface area contributed by atoms with Gasteiger partial charge >= 0.3 is 18.1 Å². The van der Waals surface area contributed by atoms with Gasteiger partial charge in [0.25, 0.3) is 5.91 Å². The summed E-state index contributed by atoms with van der Waals surface area (Å²) in [7, 11) is 0. The normalized spacial score (nSPS) is 15.1. The predicted molar refractivity (Wildman–Crippen MR) is 161 cm³/mol. The summed E-state index contributed by atoms with van der Waals surface area (Å²) in [6, 6.07) is 12.7. The van der Waals surface area contributed by atoms with Crippen LogP contribution in [0.1, 0.15) is 66.4 Å². The molecule has 0 bridgehead atoms. The molecule has 2 aromatic carbocycles. The average molecular weight is 627 g/mol. The zero-order valence-electron chi connectivity index (χ0n) is 24.5. The number of nitrogens with one attached hydrogen (secondary N) is 2. The minimum atomic E-state index is -5.08. The van der Waals surface area contributed by atoms with E-state index in [0.29, 0.717) is 30.2 Å². The van der Waals surface area contributed by atoms with Crippen LogP contribution in [0.2, 0.25) is 0 Å². The van der Waals surface area contributed by atoms with Crippen LogP contribution in [0.3, 0.4) is 0 Å². The number of aliphatic carboxylic acids is 2. The number of benzene rings is 2. The number of thioether (sulfide) groups is 1. The van der Waals surface area contributed by atoms with E-state index in [1.54, 1.807) is 17.8 Å². The predicted octanol–water partition coefficient (Wildman–Crippen LogP) is 5.65. The number of aliphatic hydroxyl groups is 1. The van der Waals surface area contributed by atoms with Gasteiger partial charge in [0.2, 0.25) is 0 Å². The van der Waals surface area contributed by atoms with Crippen LogP contribution in [0.15, 0.2) is 42.5 Å². The zero-order chi connectivity index (χ0) is 32.0. The second-order valence-electron chi connectivity index (χ2n) is 10.6. The summed E-state index contributed by atoms with van der Waals surface area (Å²) in [5.74, 6) is -2.84. The molecule has 0 heterocycles. The molecule has 12 heteroatoms. The number of carboxylic acids is 2. The maximum atomic E-state index is 13.2. The van der Waals surface area contributed by atoms with Crippen LogP contribution in [0.4, 0.5) is 13.2 Å². The van der Waals surface area contributed by atoms with Gasteiger partial charge < -0.3 is 26.0 Å². The average Bonchev–Trinajstić information content (AvgIpc) is 2.97. The van der Waals surface area contributed by atoms with Gasteiger partial charge in [0.05, 0.1) is 6.61 Å². The summed E-state index contributed by atoms with van der Waals surface area (Å²) in [5.41, 5.74) is 4.25. The van der Waals surface area contributed by atoms with Gasteiger partial charge in [-0.3, -0.25) is 4.79 Å². The van der Waals surface area contributed by atoms with Crippen molar-refractivity contribution in [1.29, 1.82) is 0 Å². The van der Waals surface area contributed by atoms with E-state index in [-0.39, 0.29) is 18.6 Å². The SMILES string of the molecule is CSCC[C@H](NC(=O)c1ccc(CNC(CO)CC2CCCCC2)cc1-c1ccccc1C)C(=O)O.O=C(O)C(F)(F)F. The van der Waals surface area contributed by atoms with Gasteiger partial charge in [-0.15, -0.1) is 0 Å². The van der Waals surface area contributed by atoms with Crippen LogP contribution in [0.5, 0.6) is 0 Å². The van der Waals surface area contributed by atoms with Crippen molar-refractivity contribution < 1.29 is 42.9 Å². The smallest absolute Gasteiger partial charge is 0.480 e. The highest BCUT2D eigenvalue weighted by Crippen LogP contribution is 2.30. The summed E-state index contributed by atoms with van der Waals surface area (Å²) >= 11 is 1.56. The molecule has 0 aliphatic heterocycles. The molecule has 2 atom stereocenters. The van der Waals surface area contributed by atoms with E-state index in [1.807, 2.05) is 49.6 Å². The fourth-order valence-corrected chi connectivity index (χ4v) is 5.51. The molecule has 0 saturated heterocycles. The molecule has 1 amide bonds. The van der Waals surface area contributed by atoms with Crippen LogP contribution in [-0.2, 0) is 16.1 Å². The van der Waals surface area contributed by atoms with E-state index in [0.717, 1.165) is 28.7 Å². The van der Waals surface area contributed by atoms with Gasteiger partial charge in [0.15, 0.2) is 0 Å². The molecule has 2 aromatic rings. The molecule has 3 rings (SSSR count). The standard InChI is InChI=1S/C29H40N2O4S.C2HF3O2/c1-20-8-6-7-11-24(20)26-17-22(18-30-23(19-32)16-21-9-4-3-5-10-21)12-13-25(26)28(33)31-27(29(34)35)14-15-36-2;3-2(4,5)1(6)7/h6-8,11-13,17,21,23,27,30,32H,3-5,9-10,14-16,18-19H2,1-2H3,(H,31,33)(H,34,35);(H,6,7)/t23?,27-;/m0./s1. The van der Waals surface area contributed by atoms with E-state index in [4.69, 9.17) is 9.90 Å². The molecule has 0 radical (unpaired) electrons. The van der Waals surface area contributed by atoms with Crippen LogP contribution >= 0.6 is 11.8 Å². The fraction of sp³-hybridized carbons (Fsp3) is 0.516.